The van der Waals surface area contributed by atoms with Gasteiger partial charge in [0, 0.05) is 17.3 Å². The van der Waals surface area contributed by atoms with Gasteiger partial charge in [-0.2, -0.15) is 13.1 Å². The number of nitrogens with one attached hydrogen (secondary N) is 2. The molecule has 0 saturated heterocycles. The van der Waals surface area contributed by atoms with E-state index in [9.17, 15) is 17.6 Å². The number of nitrogens with zero attached hydrogens (tertiary/aromatic N) is 1. The van der Waals surface area contributed by atoms with Crippen molar-refractivity contribution in [3.8, 4) is 0 Å². The number of halogens is 2. The third kappa shape index (κ3) is 5.06. The Morgan fingerprint density at radius 2 is 2.25 bits per heavy atom. The first-order valence-corrected chi connectivity index (χ1v) is 11.3. The van der Waals surface area contributed by atoms with Crippen molar-refractivity contribution < 1.29 is 21.8 Å². The van der Waals surface area contributed by atoms with Gasteiger partial charge in [-0.15, -0.1) is 11.3 Å². The fourth-order valence-electron chi connectivity index (χ4n) is 3.03. The normalized spacial score (nSPS) is 16.6. The maximum atomic E-state index is 13.5. The molecule has 0 fully saturated rings. The molecule has 1 aromatic heterocycles. The molecule has 0 bridgehead atoms. The topological polar surface area (TPSA) is 97.4 Å². The summed E-state index contributed by atoms with van der Waals surface area (Å²) in [5.74, 6) is -1.06. The number of hydrogen-bond donors (Lipinski definition) is 2. The molecule has 11 heteroatoms. The average molecular weight is 448 g/mol. The van der Waals surface area contributed by atoms with Crippen LogP contribution in [0.4, 0.5) is 9.52 Å². The van der Waals surface area contributed by atoms with Gasteiger partial charge in [-0.1, -0.05) is 24.6 Å². The second-order valence-electron chi connectivity index (χ2n) is 6.21. The zero-order valence-electron chi connectivity index (χ0n) is 15.0. The van der Waals surface area contributed by atoms with E-state index in [-0.39, 0.29) is 17.5 Å². The van der Waals surface area contributed by atoms with Gasteiger partial charge in [-0.05, 0) is 37.0 Å². The third-order valence-corrected chi connectivity index (χ3v) is 6.70. The van der Waals surface area contributed by atoms with Gasteiger partial charge in [-0.25, -0.2) is 13.6 Å². The molecule has 152 valence electrons. The minimum atomic E-state index is -3.94. The van der Waals surface area contributed by atoms with E-state index in [0.29, 0.717) is 5.13 Å². The molecule has 28 heavy (non-hydrogen) atoms. The Morgan fingerprint density at radius 1 is 1.46 bits per heavy atom. The number of amides is 1. The van der Waals surface area contributed by atoms with E-state index in [1.807, 2.05) is 0 Å². The first-order valence-electron chi connectivity index (χ1n) is 8.67. The Morgan fingerprint density at radius 3 is 2.96 bits per heavy atom. The number of anilines is 1. The Bertz CT molecular complexity index is 981. The van der Waals surface area contributed by atoms with Crippen molar-refractivity contribution in [3.63, 3.8) is 0 Å². The molecule has 1 aliphatic rings. The number of aryl methyl sites for hydroxylation is 1. The molecular weight excluding hydrogens is 429 g/mol. The summed E-state index contributed by atoms with van der Waals surface area (Å²) >= 11 is 7.24. The van der Waals surface area contributed by atoms with E-state index in [1.165, 1.54) is 17.4 Å². The summed E-state index contributed by atoms with van der Waals surface area (Å²) in [7, 11) is -3.94. The number of aromatic nitrogens is 1. The van der Waals surface area contributed by atoms with Crippen molar-refractivity contribution in [1.82, 2.24) is 9.71 Å². The lowest BCUT2D eigenvalue weighted by molar-refractivity contribution is -0.118. The highest BCUT2D eigenvalue weighted by molar-refractivity contribution is 7.84. The van der Waals surface area contributed by atoms with E-state index in [1.54, 1.807) is 19.1 Å². The van der Waals surface area contributed by atoms with Gasteiger partial charge in [0.05, 0.1) is 10.7 Å². The number of fused-ring (bicyclic) bond motifs is 1. The largest absolute Gasteiger partial charge is 0.336 e. The predicted octanol–water partition coefficient (Wildman–Crippen LogP) is 3.21. The van der Waals surface area contributed by atoms with Crippen molar-refractivity contribution in [2.24, 2.45) is 0 Å². The molecule has 1 atom stereocenters. The van der Waals surface area contributed by atoms with Crippen molar-refractivity contribution in [1.29, 1.82) is 0 Å². The molecule has 7 nitrogen and oxygen atoms in total. The number of carbonyl (C=O) groups excluding carboxylic acids is 1. The van der Waals surface area contributed by atoms with Crippen LogP contribution in [0.5, 0.6) is 0 Å². The van der Waals surface area contributed by atoms with Gasteiger partial charge in [-0.3, -0.25) is 10.1 Å². The Kier molecular flexibility index (Phi) is 6.66. The smallest absolute Gasteiger partial charge is 0.300 e. The van der Waals surface area contributed by atoms with Crippen LogP contribution in [0, 0.1) is 5.82 Å². The maximum absolute atomic E-state index is 13.5. The molecule has 1 amide bonds. The predicted molar refractivity (Wildman–Crippen MR) is 105 cm³/mol. The third-order valence-electron chi connectivity index (χ3n) is 4.21. The van der Waals surface area contributed by atoms with Gasteiger partial charge >= 0.3 is 10.3 Å². The van der Waals surface area contributed by atoms with E-state index < -0.39 is 28.6 Å². The van der Waals surface area contributed by atoms with Gasteiger partial charge in [0.25, 0.3) is 5.91 Å². The molecule has 0 radical (unpaired) electrons. The zero-order chi connectivity index (χ0) is 20.3. The lowest BCUT2D eigenvalue weighted by Gasteiger charge is -2.21. The Hall–Kier alpha value is -1.59. The van der Waals surface area contributed by atoms with Crippen LogP contribution in [0.1, 0.15) is 41.8 Å². The quantitative estimate of drug-likeness (QED) is 0.679. The zero-order valence-corrected chi connectivity index (χ0v) is 17.4. The fraction of sp³-hybridized carbons (Fsp3) is 0.412. The summed E-state index contributed by atoms with van der Waals surface area (Å²) in [6.45, 7) is 1.13. The van der Waals surface area contributed by atoms with E-state index in [0.717, 1.165) is 35.4 Å². The number of hydrogen-bond acceptors (Lipinski definition) is 6. The maximum Gasteiger partial charge on any atom is 0.336 e. The monoisotopic (exact) mass is 447 g/mol. The number of rotatable bonds is 7. The summed E-state index contributed by atoms with van der Waals surface area (Å²) < 4.78 is 43.1. The van der Waals surface area contributed by atoms with Crippen molar-refractivity contribution in [2.45, 2.75) is 32.1 Å². The highest BCUT2D eigenvalue weighted by Crippen LogP contribution is 2.42. The molecule has 0 spiro atoms. The van der Waals surface area contributed by atoms with Gasteiger partial charge in [0.15, 0.2) is 5.13 Å². The lowest BCUT2D eigenvalue weighted by Crippen LogP contribution is -2.29. The second kappa shape index (κ2) is 8.83. The highest BCUT2D eigenvalue weighted by Gasteiger charge is 2.27. The number of benzene rings is 1. The van der Waals surface area contributed by atoms with E-state index in [2.05, 4.69) is 19.2 Å². The fourth-order valence-corrected chi connectivity index (χ4v) is 5.10. The summed E-state index contributed by atoms with van der Waals surface area (Å²) in [6, 6.07) is 4.67. The molecule has 1 heterocycles. The minimum Gasteiger partial charge on any atom is -0.300 e. The Labute approximate surface area is 171 Å². The van der Waals surface area contributed by atoms with Gasteiger partial charge in [0.2, 0.25) is 0 Å². The molecule has 0 saturated carbocycles. The molecule has 2 aromatic rings. The van der Waals surface area contributed by atoms with Crippen LogP contribution in [0.15, 0.2) is 18.2 Å². The molecular formula is C17H19ClFN3O4S2. The second-order valence-corrected chi connectivity index (χ2v) is 9.08. The molecule has 3 rings (SSSR count). The first kappa shape index (κ1) is 21.1. The molecule has 2 N–H and O–H groups in total. The van der Waals surface area contributed by atoms with Gasteiger partial charge < -0.3 is 0 Å². The summed E-state index contributed by atoms with van der Waals surface area (Å²) in [4.78, 5) is 17.4. The van der Waals surface area contributed by atoms with Crippen LogP contribution in [-0.2, 0) is 25.7 Å². The molecule has 1 aliphatic carbocycles. The number of carbonyl (C=O) groups is 1. The molecule has 0 unspecified atom stereocenters. The van der Waals surface area contributed by atoms with Crippen LogP contribution in [-0.4, -0.2) is 32.5 Å². The van der Waals surface area contributed by atoms with Crippen LogP contribution < -0.4 is 10.0 Å². The van der Waals surface area contributed by atoms with Crippen molar-refractivity contribution in [2.75, 3.05) is 18.5 Å². The van der Waals surface area contributed by atoms with Gasteiger partial charge in [0.1, 0.15) is 12.4 Å². The minimum absolute atomic E-state index is 0.0235. The van der Waals surface area contributed by atoms with Crippen LogP contribution in [0.2, 0.25) is 5.02 Å². The van der Waals surface area contributed by atoms with Crippen molar-refractivity contribution >= 4 is 44.3 Å². The van der Waals surface area contributed by atoms with Crippen molar-refractivity contribution in [3.05, 3.63) is 45.2 Å². The van der Waals surface area contributed by atoms with E-state index in [4.69, 9.17) is 11.6 Å². The summed E-state index contributed by atoms with van der Waals surface area (Å²) in [6.07, 6.45) is 2.56. The summed E-state index contributed by atoms with van der Waals surface area (Å²) in [5, 5.41) is 3.02. The van der Waals surface area contributed by atoms with E-state index >= 15 is 0 Å². The summed E-state index contributed by atoms with van der Waals surface area (Å²) in [5.41, 5.74) is 1.77. The highest BCUT2D eigenvalue weighted by atomic mass is 35.5. The van der Waals surface area contributed by atoms with Crippen LogP contribution in [0.25, 0.3) is 0 Å². The Balaban J connectivity index is 1.72. The SMILES string of the molecule is CCNS(=O)(=O)OCC(=O)Nc1nc2c(s1)[C@H](c1ccc(F)c(Cl)c1)CCC2. The average Bonchev–Trinajstić information content (AvgIpc) is 3.04. The van der Waals surface area contributed by atoms with Crippen LogP contribution in [0.3, 0.4) is 0 Å². The molecule has 1 aromatic carbocycles. The standard InChI is InChI=1S/C17H19ClFN3O4S2/c1-2-20-28(24,25)26-9-15(23)22-17-21-14-5-3-4-11(16(14)27-17)10-6-7-13(19)12(18)8-10/h6-8,11,20H,2-5,9H2,1H3,(H,21,22,23)/t11-/m0/s1. The van der Waals surface area contributed by atoms with Crippen LogP contribution >= 0.6 is 22.9 Å². The lowest BCUT2D eigenvalue weighted by atomic mass is 9.86. The first-order chi connectivity index (χ1) is 13.3. The molecule has 0 aliphatic heterocycles. The number of thiazole rings is 1.